The van der Waals surface area contributed by atoms with Gasteiger partial charge in [0.05, 0.1) is 11.0 Å². The van der Waals surface area contributed by atoms with Crippen molar-refractivity contribution in [2.24, 2.45) is 0 Å². The van der Waals surface area contributed by atoms with E-state index in [2.05, 4.69) is 82.0 Å². The van der Waals surface area contributed by atoms with E-state index in [4.69, 9.17) is 0 Å². The second-order valence-corrected chi connectivity index (χ2v) is 6.83. The summed E-state index contributed by atoms with van der Waals surface area (Å²) in [7, 11) is 0. The van der Waals surface area contributed by atoms with Gasteiger partial charge in [0.15, 0.2) is 0 Å². The fourth-order valence-electron chi connectivity index (χ4n) is 4.05. The van der Waals surface area contributed by atoms with Gasteiger partial charge in [-0.2, -0.15) is 0 Å². The number of nitrogens with zero attached hydrogens (tertiary/aromatic N) is 2. The van der Waals surface area contributed by atoms with E-state index in [0.29, 0.717) is 0 Å². The number of rotatable bonds is 0. The van der Waals surface area contributed by atoms with Crippen molar-refractivity contribution < 1.29 is 0 Å². The number of hydrogen-bond acceptors (Lipinski definition) is 3. The number of para-hydroxylation sites is 1. The van der Waals surface area contributed by atoms with E-state index in [1.807, 2.05) is 12.1 Å². The zero-order valence-corrected chi connectivity index (χ0v) is 14.5. The Hall–Kier alpha value is -3.72. The maximum Gasteiger partial charge on any atom is 0.116 e. The Labute approximate surface area is 155 Å². The number of anilines is 2. The van der Waals surface area contributed by atoms with Crippen molar-refractivity contribution in [1.82, 2.24) is 9.97 Å². The zero-order valence-electron chi connectivity index (χ0n) is 14.5. The number of fused-ring (bicyclic) bond motifs is 2. The minimum atomic E-state index is 0.983. The molecule has 4 aromatic carbocycles. The molecule has 3 nitrogen and oxygen atoms in total. The van der Waals surface area contributed by atoms with Gasteiger partial charge in [-0.25, -0.2) is 9.97 Å². The van der Waals surface area contributed by atoms with Gasteiger partial charge in [0.1, 0.15) is 6.33 Å². The highest BCUT2D eigenvalue weighted by Crippen LogP contribution is 2.26. The van der Waals surface area contributed by atoms with E-state index >= 15 is 0 Å². The molecule has 1 aliphatic rings. The Balaban J connectivity index is 1.87. The summed E-state index contributed by atoms with van der Waals surface area (Å²) in [6.07, 6.45) is 3.92. The summed E-state index contributed by atoms with van der Waals surface area (Å²) in [5.74, 6) is 0. The lowest BCUT2D eigenvalue weighted by Crippen LogP contribution is -2.15. The third-order valence-electron chi connectivity index (χ3n) is 5.31. The van der Waals surface area contributed by atoms with Crippen LogP contribution in [0.3, 0.4) is 0 Å². The molecule has 3 heteroatoms. The number of nitrogens with one attached hydrogen (secondary N) is 1. The van der Waals surface area contributed by atoms with Gasteiger partial charge in [-0.1, -0.05) is 54.6 Å². The molecule has 1 aliphatic heterocycles. The third kappa shape index (κ3) is 2.09. The van der Waals surface area contributed by atoms with Crippen LogP contribution in [-0.2, 0) is 0 Å². The van der Waals surface area contributed by atoms with Crippen molar-refractivity contribution >= 4 is 39.3 Å². The van der Waals surface area contributed by atoms with Crippen LogP contribution in [0.25, 0.3) is 27.9 Å². The lowest BCUT2D eigenvalue weighted by Gasteiger charge is -2.16. The molecule has 126 valence electrons. The molecule has 5 aromatic rings. The van der Waals surface area contributed by atoms with Crippen LogP contribution >= 0.6 is 0 Å². The lowest BCUT2D eigenvalue weighted by molar-refractivity contribution is 1.25. The highest BCUT2D eigenvalue weighted by Gasteiger charge is 2.10. The average molecular weight is 345 g/mol. The molecule has 1 aromatic heterocycles. The van der Waals surface area contributed by atoms with Crippen LogP contribution in [-0.4, -0.2) is 9.97 Å². The van der Waals surface area contributed by atoms with Gasteiger partial charge in [0.2, 0.25) is 0 Å². The molecule has 6 rings (SSSR count). The molecule has 0 saturated heterocycles. The molecule has 0 amide bonds. The summed E-state index contributed by atoms with van der Waals surface area (Å²) in [6, 6.07) is 25.3. The van der Waals surface area contributed by atoms with Crippen LogP contribution in [0.2, 0.25) is 0 Å². The molecule has 0 atom stereocenters. The number of hydrogen-bond donors (Lipinski definition) is 1. The molecule has 0 fully saturated rings. The maximum atomic E-state index is 4.65. The van der Waals surface area contributed by atoms with E-state index in [1.165, 1.54) is 21.4 Å². The summed E-state index contributed by atoms with van der Waals surface area (Å²) in [6.45, 7) is 0. The highest BCUT2D eigenvalue weighted by molar-refractivity contribution is 6.06. The summed E-state index contributed by atoms with van der Waals surface area (Å²) in [4.78, 5) is 9.11. The standard InChI is InChI=1S/C24H15N3/c1-2-8-20-16(5-1)13-19-17(7-4-9-21(19)27-20)18-12-11-15-6-3-10-22-23(15)24(18)26-14-25-22/h1-14,27H. The van der Waals surface area contributed by atoms with Gasteiger partial charge in [0, 0.05) is 27.2 Å². The van der Waals surface area contributed by atoms with Gasteiger partial charge >= 0.3 is 0 Å². The van der Waals surface area contributed by atoms with Crippen molar-refractivity contribution in [3.05, 3.63) is 100 Å². The minimum absolute atomic E-state index is 0.983. The monoisotopic (exact) mass is 345 g/mol. The molecular formula is C24H15N3. The molecule has 0 saturated carbocycles. The quantitative estimate of drug-likeness (QED) is 0.434. The molecular weight excluding hydrogens is 330 g/mol. The summed E-state index contributed by atoms with van der Waals surface area (Å²) < 4.78 is 0. The third-order valence-corrected chi connectivity index (χ3v) is 5.31. The zero-order chi connectivity index (χ0) is 17.8. The van der Waals surface area contributed by atoms with E-state index in [-0.39, 0.29) is 0 Å². The SMILES string of the molecule is C1=c2c(cccc2=c2ccc3cccc4ncnc2c34)Nc2ccccc21. The fourth-order valence-corrected chi connectivity index (χ4v) is 4.05. The molecule has 27 heavy (non-hydrogen) atoms. The van der Waals surface area contributed by atoms with Crippen LogP contribution in [0.15, 0.2) is 79.1 Å². The fraction of sp³-hybridized carbons (Fsp3) is 0. The second kappa shape index (κ2) is 5.39. The topological polar surface area (TPSA) is 37.8 Å². The van der Waals surface area contributed by atoms with Gasteiger partial charge in [-0.3, -0.25) is 0 Å². The number of benzene rings is 4. The Bertz CT molecular complexity index is 1480. The molecule has 0 aliphatic carbocycles. The van der Waals surface area contributed by atoms with Gasteiger partial charge in [-0.05, 0) is 40.4 Å². The predicted molar refractivity (Wildman–Crippen MR) is 110 cm³/mol. The first-order valence-corrected chi connectivity index (χ1v) is 9.02. The molecule has 0 spiro atoms. The van der Waals surface area contributed by atoms with E-state index in [9.17, 15) is 0 Å². The van der Waals surface area contributed by atoms with Crippen LogP contribution in [0, 0.1) is 10.4 Å². The van der Waals surface area contributed by atoms with Gasteiger partial charge in [-0.15, -0.1) is 0 Å². The molecule has 0 radical (unpaired) electrons. The van der Waals surface area contributed by atoms with Crippen LogP contribution in [0.5, 0.6) is 0 Å². The maximum absolute atomic E-state index is 4.65. The summed E-state index contributed by atoms with van der Waals surface area (Å²) in [5, 5.41) is 9.37. The first kappa shape index (κ1) is 14.4. The highest BCUT2D eigenvalue weighted by atomic mass is 14.9. The Kier molecular flexibility index (Phi) is 2.88. The summed E-state index contributed by atoms with van der Waals surface area (Å²) >= 11 is 0. The lowest BCUT2D eigenvalue weighted by atomic mass is 10.0. The average Bonchev–Trinajstić information content (AvgIpc) is 2.73. The Morgan fingerprint density at radius 3 is 2.56 bits per heavy atom. The Morgan fingerprint density at radius 2 is 1.56 bits per heavy atom. The van der Waals surface area contributed by atoms with Crippen molar-refractivity contribution in [3.63, 3.8) is 0 Å². The molecule has 0 unspecified atom stereocenters. The summed E-state index contributed by atoms with van der Waals surface area (Å²) in [5.41, 5.74) is 5.44. The molecule has 1 N–H and O–H groups in total. The van der Waals surface area contributed by atoms with Crippen LogP contribution < -0.4 is 10.5 Å². The molecule has 0 bridgehead atoms. The number of aromatic nitrogens is 2. The van der Waals surface area contributed by atoms with Gasteiger partial charge < -0.3 is 5.32 Å². The molecule has 2 heterocycles. The van der Waals surface area contributed by atoms with E-state index in [0.717, 1.165) is 33.0 Å². The normalized spacial score (nSPS) is 13.6. The first-order valence-electron chi connectivity index (χ1n) is 9.02. The predicted octanol–water partition coefficient (Wildman–Crippen LogP) is 4.67. The van der Waals surface area contributed by atoms with Crippen molar-refractivity contribution in [1.29, 1.82) is 0 Å². The Morgan fingerprint density at radius 1 is 0.667 bits per heavy atom. The minimum Gasteiger partial charge on any atom is -0.355 e. The first-order chi connectivity index (χ1) is 13.4. The van der Waals surface area contributed by atoms with Crippen molar-refractivity contribution in [2.75, 3.05) is 5.32 Å². The second-order valence-electron chi connectivity index (χ2n) is 6.83. The van der Waals surface area contributed by atoms with E-state index < -0.39 is 0 Å². The van der Waals surface area contributed by atoms with Crippen LogP contribution in [0.1, 0.15) is 5.56 Å². The largest absolute Gasteiger partial charge is 0.355 e. The van der Waals surface area contributed by atoms with E-state index in [1.54, 1.807) is 6.33 Å². The van der Waals surface area contributed by atoms with Crippen molar-refractivity contribution in [2.45, 2.75) is 0 Å². The van der Waals surface area contributed by atoms with Crippen molar-refractivity contribution in [3.8, 4) is 0 Å². The van der Waals surface area contributed by atoms with Crippen LogP contribution in [0.4, 0.5) is 11.4 Å². The smallest absolute Gasteiger partial charge is 0.116 e. The van der Waals surface area contributed by atoms with Gasteiger partial charge in [0.25, 0.3) is 0 Å².